The molecule has 8 aromatic rings. The SMILES string of the molecule is CNC(=O)C[C@H](NC(=O)c1csc(-c2ccc(-c3nc(NC(=O)OC(C)(C)C)cs3)nc2-c2csc(-c3csc([C@@H](N)[C@@H](OC(C)=O)c4ccccc4)n3)n2)n1)c1nc(C(=O)N[C@H](c2nc(C(=O)NCC(C)=O)c(COC)s2)C(C)C)c(C)s1. The Hall–Kier alpha value is -7.64. The topological polar surface area (TPSA) is 324 Å². The number of ketones is 1. The Labute approximate surface area is 506 Å². The molecule has 29 heteroatoms. The van der Waals surface area contributed by atoms with E-state index >= 15 is 0 Å². The van der Waals surface area contributed by atoms with Crippen molar-refractivity contribution in [3.8, 4) is 43.4 Å². The number of carbonyl (C=O) groups excluding carboxylic acids is 7. The number of ether oxygens (including phenoxy) is 3. The van der Waals surface area contributed by atoms with Crippen LogP contribution in [0.2, 0.25) is 0 Å². The molecule has 7 aromatic heterocycles. The van der Waals surface area contributed by atoms with Crippen LogP contribution in [0.5, 0.6) is 0 Å². The quantitative estimate of drug-likeness (QED) is 0.0324. The van der Waals surface area contributed by atoms with Gasteiger partial charge in [0.05, 0.1) is 48.3 Å². The Balaban J connectivity index is 1.07. The first kappa shape index (κ1) is 62.4. The van der Waals surface area contributed by atoms with Crippen LogP contribution in [-0.2, 0) is 35.2 Å². The molecule has 5 amide bonds. The van der Waals surface area contributed by atoms with E-state index in [1.54, 1.807) is 50.6 Å². The molecule has 0 saturated heterocycles. The van der Waals surface area contributed by atoms with E-state index in [0.29, 0.717) is 68.7 Å². The van der Waals surface area contributed by atoms with Gasteiger partial charge in [-0.1, -0.05) is 44.2 Å². The van der Waals surface area contributed by atoms with Gasteiger partial charge >= 0.3 is 12.1 Å². The second-order valence-corrected chi connectivity index (χ2v) is 25.9. The van der Waals surface area contributed by atoms with Crippen molar-refractivity contribution in [2.75, 3.05) is 26.0 Å². The van der Waals surface area contributed by atoms with Crippen molar-refractivity contribution >= 4 is 115 Å². The third-order valence-corrected chi connectivity index (χ3v) is 17.7. The number of nitrogens with two attached hydrogens (primary N) is 1. The number of aromatic nitrogens is 7. The van der Waals surface area contributed by atoms with E-state index in [2.05, 4.69) is 41.5 Å². The Morgan fingerprint density at radius 3 is 2.10 bits per heavy atom. The Bertz CT molecular complexity index is 3710. The molecule has 0 aliphatic carbocycles. The van der Waals surface area contributed by atoms with E-state index < -0.39 is 65.5 Å². The fourth-order valence-corrected chi connectivity index (χ4v) is 13.5. The van der Waals surface area contributed by atoms with E-state index in [1.165, 1.54) is 84.7 Å². The van der Waals surface area contributed by atoms with Crippen molar-refractivity contribution in [2.24, 2.45) is 11.7 Å². The molecule has 23 nitrogen and oxygen atoms in total. The van der Waals surface area contributed by atoms with Gasteiger partial charge in [0.15, 0.2) is 0 Å². The summed E-state index contributed by atoms with van der Waals surface area (Å²) in [7, 11) is 2.95. The van der Waals surface area contributed by atoms with Crippen LogP contribution >= 0.6 is 68.0 Å². The maximum absolute atomic E-state index is 14.3. The highest BCUT2D eigenvalue weighted by atomic mass is 32.1. The summed E-state index contributed by atoms with van der Waals surface area (Å²) in [4.78, 5) is 126. The average Bonchev–Trinajstić information content (AvgIpc) is 2.91. The molecular formula is C55H59N13O10S6. The summed E-state index contributed by atoms with van der Waals surface area (Å²) in [5.41, 5.74) is 9.23. The molecule has 0 aliphatic rings. The minimum absolute atomic E-state index is 0.0224. The largest absolute Gasteiger partial charge is 0.456 e. The zero-order valence-electron chi connectivity index (χ0n) is 47.1. The first-order valence-corrected chi connectivity index (χ1v) is 31.0. The van der Waals surface area contributed by atoms with E-state index in [4.69, 9.17) is 39.9 Å². The molecule has 0 fully saturated rings. The third kappa shape index (κ3) is 15.6. The van der Waals surface area contributed by atoms with Gasteiger partial charge in [-0.2, -0.15) is 0 Å². The molecule has 0 aliphatic heterocycles. The summed E-state index contributed by atoms with van der Waals surface area (Å²) in [5.74, 6) is -2.77. The lowest BCUT2D eigenvalue weighted by Crippen LogP contribution is -2.34. The first-order chi connectivity index (χ1) is 40.0. The summed E-state index contributed by atoms with van der Waals surface area (Å²) in [6, 6.07) is 10.3. The molecule has 84 heavy (non-hydrogen) atoms. The molecule has 0 bridgehead atoms. The molecule has 1 aromatic carbocycles. The fourth-order valence-electron chi connectivity index (χ4n) is 8.06. The molecule has 4 atom stereocenters. The van der Waals surface area contributed by atoms with Crippen LogP contribution < -0.4 is 32.3 Å². The summed E-state index contributed by atoms with van der Waals surface area (Å²) in [6.45, 7) is 13.3. The van der Waals surface area contributed by atoms with Gasteiger partial charge in [0.2, 0.25) is 5.91 Å². The minimum atomic E-state index is -0.995. The van der Waals surface area contributed by atoms with Crippen LogP contribution in [0.15, 0.2) is 64.0 Å². The maximum atomic E-state index is 14.3. The number of pyridine rings is 1. The molecule has 0 radical (unpaired) electrons. The summed E-state index contributed by atoms with van der Waals surface area (Å²) >= 11 is 7.39. The van der Waals surface area contributed by atoms with Crippen molar-refractivity contribution in [1.82, 2.24) is 56.2 Å². The molecule has 0 spiro atoms. The second-order valence-electron chi connectivity index (χ2n) is 20.1. The van der Waals surface area contributed by atoms with Gasteiger partial charge in [-0.05, 0) is 58.2 Å². The second kappa shape index (κ2) is 27.4. The van der Waals surface area contributed by atoms with Crippen molar-refractivity contribution in [3.05, 3.63) is 111 Å². The number of methoxy groups -OCH3 is 1. The van der Waals surface area contributed by atoms with Crippen LogP contribution in [0.3, 0.4) is 0 Å². The van der Waals surface area contributed by atoms with Gasteiger partial charge in [0, 0.05) is 53.0 Å². The van der Waals surface area contributed by atoms with Crippen molar-refractivity contribution in [1.29, 1.82) is 0 Å². The van der Waals surface area contributed by atoms with Crippen LogP contribution in [0, 0.1) is 12.8 Å². The molecular weight excluding hydrogens is 1200 g/mol. The summed E-state index contributed by atoms with van der Waals surface area (Å²) in [5, 5.41) is 23.3. The molecule has 8 rings (SSSR count). The number of aryl methyl sites for hydroxylation is 1. The number of carbonyl (C=O) groups is 7. The lowest BCUT2D eigenvalue weighted by molar-refractivity contribution is -0.148. The maximum Gasteiger partial charge on any atom is 0.413 e. The normalized spacial score (nSPS) is 12.9. The Kier molecular flexibility index (Phi) is 20.3. The smallest absolute Gasteiger partial charge is 0.413 e. The van der Waals surface area contributed by atoms with Crippen molar-refractivity contribution < 1.29 is 47.8 Å². The van der Waals surface area contributed by atoms with Crippen LogP contribution in [0.25, 0.3) is 43.4 Å². The molecule has 0 unspecified atom stereocenters. The number of rotatable bonds is 23. The fraction of sp³-hybridized carbons (Fsp3) is 0.345. The highest BCUT2D eigenvalue weighted by molar-refractivity contribution is 7.15. The van der Waals surface area contributed by atoms with Gasteiger partial charge in [-0.25, -0.2) is 39.7 Å². The molecule has 7 N–H and O–H groups in total. The number of hydrogen-bond donors (Lipinski definition) is 6. The van der Waals surface area contributed by atoms with E-state index in [1.807, 2.05) is 54.9 Å². The number of nitrogens with zero attached hydrogens (tertiary/aromatic N) is 7. The average molecular weight is 1250 g/mol. The number of nitrogens with one attached hydrogen (secondary N) is 5. The Morgan fingerprint density at radius 1 is 0.702 bits per heavy atom. The zero-order valence-corrected chi connectivity index (χ0v) is 52.0. The van der Waals surface area contributed by atoms with Crippen molar-refractivity contribution in [2.45, 2.75) is 98.2 Å². The van der Waals surface area contributed by atoms with Crippen LogP contribution in [-0.4, -0.2) is 103 Å². The molecule has 7 heterocycles. The number of hydrogen-bond acceptors (Lipinski definition) is 24. The van der Waals surface area contributed by atoms with Crippen LogP contribution in [0.4, 0.5) is 10.6 Å². The Morgan fingerprint density at radius 2 is 1.40 bits per heavy atom. The predicted octanol–water partition coefficient (Wildman–Crippen LogP) is 9.65. The number of Topliss-reactive ketones (excluding diaryl/α,β-unsaturated/α-hetero) is 1. The molecule has 0 saturated carbocycles. The highest BCUT2D eigenvalue weighted by Gasteiger charge is 2.32. The van der Waals surface area contributed by atoms with Crippen LogP contribution in [0.1, 0.15) is 141 Å². The summed E-state index contributed by atoms with van der Waals surface area (Å²) < 4.78 is 16.4. The number of amides is 5. The number of benzene rings is 1. The lowest BCUT2D eigenvalue weighted by atomic mass is 10.0. The van der Waals surface area contributed by atoms with E-state index in [0.717, 1.165) is 11.3 Å². The zero-order chi connectivity index (χ0) is 60.6. The lowest BCUT2D eigenvalue weighted by Gasteiger charge is -2.22. The van der Waals surface area contributed by atoms with Gasteiger partial charge in [-0.3, -0.25) is 34.1 Å². The number of esters is 1. The van der Waals surface area contributed by atoms with Crippen molar-refractivity contribution in [3.63, 3.8) is 0 Å². The highest BCUT2D eigenvalue weighted by Crippen LogP contribution is 2.40. The van der Waals surface area contributed by atoms with Gasteiger partial charge < -0.3 is 41.2 Å². The monoisotopic (exact) mass is 1250 g/mol. The number of thiazole rings is 6. The first-order valence-electron chi connectivity index (χ1n) is 25.9. The minimum Gasteiger partial charge on any atom is -0.456 e. The third-order valence-electron chi connectivity index (χ3n) is 12.0. The predicted molar refractivity (Wildman–Crippen MR) is 323 cm³/mol. The standard InChI is InChI=1S/C55H59N13O10S6/c1-25(2)40(53-68-43(36(84-53)20-76-10)46(73)58-19-26(3)69)66-47(74)41-27(4)83-51(67-41)32(18-38(71)57-9)60-45(72)34-22-79-48(62-34)30-16-17-31(49-64-37(24-82-49)65-54(75)78-55(6,7)8)59-42(30)33-21-80-50(61-33)35-23-81-52(63-35)39(56)44(77-28(5)70)29-14-12-11-13-15-29/h11-17,21-25,32,39-40,44H,18-20,56H2,1-10H3,(H,57,71)(H,58,73)(H,60,72)(H,65,75)(H,66,74)/t32-,39-,40-,44-/m0/s1. The van der Waals surface area contributed by atoms with E-state index in [9.17, 15) is 33.6 Å². The van der Waals surface area contributed by atoms with Gasteiger partial charge in [-0.15, -0.1) is 68.0 Å². The van der Waals surface area contributed by atoms with Gasteiger partial charge in [0.25, 0.3) is 17.7 Å². The summed E-state index contributed by atoms with van der Waals surface area (Å²) in [6.07, 6.45) is -1.68. The molecule has 440 valence electrons. The van der Waals surface area contributed by atoms with Gasteiger partial charge in [0.1, 0.15) is 87.5 Å². The number of anilines is 1. The van der Waals surface area contributed by atoms with E-state index in [-0.39, 0.29) is 59.2 Å².